The van der Waals surface area contributed by atoms with Crippen molar-refractivity contribution < 1.29 is 4.79 Å². The molecule has 0 radical (unpaired) electrons. The molecule has 0 aromatic rings. The van der Waals surface area contributed by atoms with E-state index in [4.69, 9.17) is 5.26 Å². The summed E-state index contributed by atoms with van der Waals surface area (Å²) in [5.74, 6) is 0.0147. The lowest BCUT2D eigenvalue weighted by Crippen LogP contribution is -2.34. The number of nitrogens with one attached hydrogen (secondary N) is 1. The van der Waals surface area contributed by atoms with Crippen LogP contribution in [0.3, 0.4) is 0 Å². The lowest BCUT2D eigenvalue weighted by Gasteiger charge is -2.20. The molecule has 0 aliphatic carbocycles. The molecule has 0 aromatic carbocycles. The molecule has 0 fully saturated rings. The molecule has 3 nitrogen and oxygen atoms in total. The van der Waals surface area contributed by atoms with E-state index in [0.29, 0.717) is 13.0 Å². The van der Waals surface area contributed by atoms with Gasteiger partial charge in [-0.1, -0.05) is 20.8 Å². The van der Waals surface area contributed by atoms with Crippen LogP contribution in [0, 0.1) is 22.2 Å². The Balaban J connectivity index is 3.95. The number of carbonyl (C=O) groups is 1. The minimum Gasteiger partial charge on any atom is -0.355 e. The number of carbonyl (C=O) groups excluding carboxylic acids is 1. The Morgan fingerprint density at radius 2 is 1.79 bits per heavy atom. The zero-order chi connectivity index (χ0) is 11.4. The van der Waals surface area contributed by atoms with Gasteiger partial charge in [0, 0.05) is 13.0 Å². The number of nitriles is 1. The summed E-state index contributed by atoms with van der Waals surface area (Å²) in [4.78, 5) is 11.4. The highest BCUT2D eigenvalue weighted by molar-refractivity contribution is 5.76. The van der Waals surface area contributed by atoms with Gasteiger partial charge in [-0.25, -0.2) is 0 Å². The molecular weight excluding hydrogens is 176 g/mol. The van der Waals surface area contributed by atoms with Crippen LogP contribution in [-0.2, 0) is 4.79 Å². The van der Waals surface area contributed by atoms with E-state index in [9.17, 15) is 4.79 Å². The number of nitrogens with zero attached hydrogens (tertiary/aromatic N) is 1. The SMILES string of the molecule is CC(C)(C)CC(=O)NCC(C)(C)C#N. The Morgan fingerprint density at radius 1 is 1.29 bits per heavy atom. The molecule has 0 spiro atoms. The van der Waals surface area contributed by atoms with Gasteiger partial charge in [-0.15, -0.1) is 0 Å². The first-order chi connectivity index (χ1) is 6.16. The summed E-state index contributed by atoms with van der Waals surface area (Å²) in [7, 11) is 0. The lowest BCUT2D eigenvalue weighted by atomic mass is 9.91. The van der Waals surface area contributed by atoms with Gasteiger partial charge in [0.25, 0.3) is 0 Å². The third-order valence-corrected chi connectivity index (χ3v) is 1.72. The van der Waals surface area contributed by atoms with Gasteiger partial charge in [-0.05, 0) is 19.3 Å². The van der Waals surface area contributed by atoms with Gasteiger partial charge in [-0.2, -0.15) is 5.26 Å². The van der Waals surface area contributed by atoms with Gasteiger partial charge in [0.15, 0.2) is 0 Å². The molecule has 1 amide bonds. The van der Waals surface area contributed by atoms with Gasteiger partial charge >= 0.3 is 0 Å². The van der Waals surface area contributed by atoms with Crippen LogP contribution in [0.15, 0.2) is 0 Å². The molecule has 0 aromatic heterocycles. The fourth-order valence-corrected chi connectivity index (χ4v) is 0.903. The van der Waals surface area contributed by atoms with Crippen LogP contribution >= 0.6 is 0 Å². The van der Waals surface area contributed by atoms with Gasteiger partial charge < -0.3 is 5.32 Å². The summed E-state index contributed by atoms with van der Waals surface area (Å²) in [6, 6.07) is 2.14. The first-order valence-corrected chi connectivity index (χ1v) is 4.84. The minimum atomic E-state index is -0.479. The fraction of sp³-hybridized carbons (Fsp3) is 0.818. The predicted molar refractivity (Wildman–Crippen MR) is 56.5 cm³/mol. The fourth-order valence-electron chi connectivity index (χ4n) is 0.903. The van der Waals surface area contributed by atoms with Gasteiger partial charge in [0.05, 0.1) is 11.5 Å². The van der Waals surface area contributed by atoms with Gasteiger partial charge in [0.1, 0.15) is 0 Å². The molecular formula is C11H20N2O. The maximum Gasteiger partial charge on any atom is 0.220 e. The summed E-state index contributed by atoms with van der Waals surface area (Å²) >= 11 is 0. The highest BCUT2D eigenvalue weighted by Crippen LogP contribution is 2.18. The second-order valence-electron chi connectivity index (χ2n) is 5.51. The summed E-state index contributed by atoms with van der Waals surface area (Å²) in [6.45, 7) is 10.1. The van der Waals surface area contributed by atoms with Crippen molar-refractivity contribution in [2.24, 2.45) is 10.8 Å². The molecule has 0 unspecified atom stereocenters. The highest BCUT2D eigenvalue weighted by atomic mass is 16.1. The molecule has 0 rings (SSSR count). The summed E-state index contributed by atoms with van der Waals surface area (Å²) in [5.41, 5.74) is -0.478. The summed E-state index contributed by atoms with van der Waals surface area (Å²) in [5, 5.41) is 11.5. The summed E-state index contributed by atoms with van der Waals surface area (Å²) in [6.07, 6.45) is 0.495. The number of rotatable bonds is 3. The maximum atomic E-state index is 11.4. The zero-order valence-electron chi connectivity index (χ0n) is 9.77. The van der Waals surface area contributed by atoms with E-state index in [1.165, 1.54) is 0 Å². The van der Waals surface area contributed by atoms with Crippen LogP contribution in [-0.4, -0.2) is 12.5 Å². The molecule has 0 aliphatic rings. The van der Waals surface area contributed by atoms with Crippen LogP contribution in [0.4, 0.5) is 0 Å². The predicted octanol–water partition coefficient (Wildman–Crippen LogP) is 2.09. The third-order valence-electron chi connectivity index (χ3n) is 1.72. The van der Waals surface area contributed by atoms with E-state index in [1.807, 2.05) is 34.6 Å². The van der Waals surface area contributed by atoms with E-state index < -0.39 is 5.41 Å². The number of amides is 1. The van der Waals surface area contributed by atoms with Crippen LogP contribution < -0.4 is 5.32 Å². The molecule has 0 saturated heterocycles. The second-order valence-corrected chi connectivity index (χ2v) is 5.51. The third kappa shape index (κ3) is 6.47. The van der Waals surface area contributed by atoms with Gasteiger partial charge in [0.2, 0.25) is 5.91 Å². The van der Waals surface area contributed by atoms with Crippen LogP contribution in [0.2, 0.25) is 0 Å². The number of hydrogen-bond acceptors (Lipinski definition) is 2. The maximum absolute atomic E-state index is 11.4. The molecule has 0 heterocycles. The molecule has 0 atom stereocenters. The normalized spacial score (nSPS) is 12.0. The Hall–Kier alpha value is -1.04. The van der Waals surface area contributed by atoms with Crippen molar-refractivity contribution in [2.45, 2.75) is 41.0 Å². The average molecular weight is 196 g/mol. The average Bonchev–Trinajstić information content (AvgIpc) is 1.98. The van der Waals surface area contributed by atoms with E-state index in [0.717, 1.165) is 0 Å². The summed E-state index contributed by atoms with van der Waals surface area (Å²) < 4.78 is 0. The second kappa shape index (κ2) is 4.45. The first-order valence-electron chi connectivity index (χ1n) is 4.84. The van der Waals surface area contributed by atoms with Crippen LogP contribution in [0.25, 0.3) is 0 Å². The quantitative estimate of drug-likeness (QED) is 0.751. The first kappa shape index (κ1) is 13.0. The van der Waals surface area contributed by atoms with Crippen molar-refractivity contribution in [1.29, 1.82) is 5.26 Å². The topological polar surface area (TPSA) is 52.9 Å². The van der Waals surface area contributed by atoms with Crippen molar-refractivity contribution in [2.75, 3.05) is 6.54 Å². The largest absolute Gasteiger partial charge is 0.355 e. The molecule has 0 bridgehead atoms. The van der Waals surface area contributed by atoms with E-state index in [2.05, 4.69) is 11.4 Å². The molecule has 14 heavy (non-hydrogen) atoms. The van der Waals surface area contributed by atoms with Crippen molar-refractivity contribution in [1.82, 2.24) is 5.32 Å². The monoisotopic (exact) mass is 196 g/mol. The van der Waals surface area contributed by atoms with Crippen LogP contribution in [0.5, 0.6) is 0 Å². The molecule has 1 N–H and O–H groups in total. The molecule has 0 aliphatic heterocycles. The smallest absolute Gasteiger partial charge is 0.220 e. The van der Waals surface area contributed by atoms with E-state index >= 15 is 0 Å². The lowest BCUT2D eigenvalue weighted by molar-refractivity contribution is -0.123. The number of hydrogen-bond donors (Lipinski definition) is 1. The van der Waals surface area contributed by atoms with Gasteiger partial charge in [-0.3, -0.25) is 4.79 Å². The van der Waals surface area contributed by atoms with Crippen molar-refractivity contribution in [3.63, 3.8) is 0 Å². The molecule has 3 heteroatoms. The molecule has 0 saturated carbocycles. The van der Waals surface area contributed by atoms with E-state index in [1.54, 1.807) is 0 Å². The zero-order valence-corrected chi connectivity index (χ0v) is 9.77. The van der Waals surface area contributed by atoms with Crippen LogP contribution in [0.1, 0.15) is 41.0 Å². The highest BCUT2D eigenvalue weighted by Gasteiger charge is 2.20. The Bertz CT molecular complexity index is 243. The Labute approximate surface area is 86.5 Å². The standard InChI is InChI=1S/C11H20N2O/c1-10(2,3)6-9(14)13-8-11(4,5)7-12/h6,8H2,1-5H3,(H,13,14). The van der Waals surface area contributed by atoms with Crippen molar-refractivity contribution >= 4 is 5.91 Å². The molecule has 80 valence electrons. The van der Waals surface area contributed by atoms with Crippen molar-refractivity contribution in [3.05, 3.63) is 0 Å². The Morgan fingerprint density at radius 3 is 2.14 bits per heavy atom. The van der Waals surface area contributed by atoms with Crippen molar-refractivity contribution in [3.8, 4) is 6.07 Å². The minimum absolute atomic E-state index is 0.000863. The Kier molecular flexibility index (Phi) is 4.12. The van der Waals surface area contributed by atoms with E-state index in [-0.39, 0.29) is 11.3 Å².